The normalized spacial score (nSPS) is 18.5. The molecule has 4 rings (SSSR count). The van der Waals surface area contributed by atoms with Crippen LogP contribution in [0.15, 0.2) is 6.33 Å². The van der Waals surface area contributed by atoms with Gasteiger partial charge in [-0.05, 0) is 76.3 Å². The third-order valence-corrected chi connectivity index (χ3v) is 6.46. The molecule has 0 aromatic carbocycles. The summed E-state index contributed by atoms with van der Waals surface area (Å²) < 4.78 is 13.0. The maximum Gasteiger partial charge on any atom is 0.311 e. The quantitative estimate of drug-likeness (QED) is 0.269. The Bertz CT molecular complexity index is 971. The molecule has 0 radical (unpaired) electrons. The molecule has 0 amide bonds. The average Bonchev–Trinajstić information content (AvgIpc) is 3.65. The van der Waals surface area contributed by atoms with Gasteiger partial charge in [-0.3, -0.25) is 4.79 Å². The molecule has 2 aromatic heterocycles. The Balaban J connectivity index is 1.63. The third kappa shape index (κ3) is 5.94. The van der Waals surface area contributed by atoms with E-state index in [0.717, 1.165) is 0 Å². The third-order valence-electron chi connectivity index (χ3n) is 6.29. The number of hydrogen-bond donors (Lipinski definition) is 2. The highest BCUT2D eigenvalue weighted by Crippen LogP contribution is 2.46. The number of halogens is 1. The van der Waals surface area contributed by atoms with Crippen molar-refractivity contribution in [1.82, 2.24) is 19.5 Å². The van der Waals surface area contributed by atoms with Gasteiger partial charge in [-0.15, -0.1) is 0 Å². The number of aliphatic hydroxyl groups is 1. The molecule has 33 heavy (non-hydrogen) atoms. The molecule has 2 saturated carbocycles. The fraction of sp³-hybridized carbons (Fsp3) is 0.739. The minimum absolute atomic E-state index is 0.134. The lowest BCUT2D eigenvalue weighted by Crippen LogP contribution is -2.41. The topological polar surface area (TPSA) is 111 Å². The van der Waals surface area contributed by atoms with Crippen LogP contribution in [-0.4, -0.2) is 55.1 Å². The van der Waals surface area contributed by atoms with Crippen molar-refractivity contribution in [2.75, 3.05) is 11.9 Å². The van der Waals surface area contributed by atoms with Crippen molar-refractivity contribution in [3.05, 3.63) is 11.6 Å². The molecule has 2 fully saturated rings. The van der Waals surface area contributed by atoms with E-state index in [1.807, 2.05) is 6.92 Å². The molecule has 0 spiro atoms. The first kappa shape index (κ1) is 24.2. The van der Waals surface area contributed by atoms with Crippen LogP contribution in [-0.2, 0) is 20.8 Å². The van der Waals surface area contributed by atoms with Crippen LogP contribution in [0.1, 0.15) is 59.8 Å². The van der Waals surface area contributed by atoms with Crippen molar-refractivity contribution < 1.29 is 19.4 Å². The lowest BCUT2D eigenvalue weighted by Gasteiger charge is -2.31. The van der Waals surface area contributed by atoms with Crippen molar-refractivity contribution in [2.24, 2.45) is 17.8 Å². The Kier molecular flexibility index (Phi) is 7.12. The molecule has 2 N–H and O–H groups in total. The Hall–Kier alpha value is -1.97. The Morgan fingerprint density at radius 3 is 2.48 bits per heavy atom. The highest BCUT2D eigenvalue weighted by atomic mass is 35.5. The molecule has 0 aliphatic heterocycles. The van der Waals surface area contributed by atoms with Crippen LogP contribution in [0.2, 0.25) is 5.28 Å². The molecule has 2 aromatic rings. The van der Waals surface area contributed by atoms with Gasteiger partial charge in [0.25, 0.3) is 0 Å². The number of hydrogen-bond acceptors (Lipinski definition) is 8. The molecule has 9 nitrogen and oxygen atoms in total. The van der Waals surface area contributed by atoms with E-state index in [1.54, 1.807) is 31.7 Å². The fourth-order valence-corrected chi connectivity index (χ4v) is 4.65. The standard InChI is InChI=1S/C23H34ClN5O4/c1-5-15(21(30)32-6-2)16(33-23(3,4)31)11-29-12-25-18-19(27-22(24)28-20(18)29)26-17(13-7-8-13)14-9-10-14/h12-17,31H,5-11H2,1-4H3,(H,26,27,28)/t15?,16-/m0/s1. The first-order chi connectivity index (χ1) is 15.7. The lowest BCUT2D eigenvalue weighted by atomic mass is 9.98. The number of nitrogens with one attached hydrogen (secondary N) is 1. The Morgan fingerprint density at radius 1 is 1.27 bits per heavy atom. The van der Waals surface area contributed by atoms with E-state index < -0.39 is 17.8 Å². The molecule has 10 heteroatoms. The van der Waals surface area contributed by atoms with E-state index in [4.69, 9.17) is 21.1 Å². The molecular weight excluding hydrogens is 446 g/mol. The summed E-state index contributed by atoms with van der Waals surface area (Å²) in [7, 11) is 0. The summed E-state index contributed by atoms with van der Waals surface area (Å²) in [5.41, 5.74) is 1.20. The van der Waals surface area contributed by atoms with Gasteiger partial charge in [0.1, 0.15) is 0 Å². The van der Waals surface area contributed by atoms with Crippen molar-refractivity contribution in [3.8, 4) is 0 Å². The molecule has 2 aliphatic rings. The number of fused-ring (bicyclic) bond motifs is 1. The molecular formula is C23H34ClN5O4. The van der Waals surface area contributed by atoms with Crippen molar-refractivity contribution >= 4 is 34.6 Å². The number of imidazole rings is 1. The van der Waals surface area contributed by atoms with E-state index in [9.17, 15) is 9.90 Å². The Morgan fingerprint density at radius 2 is 1.94 bits per heavy atom. The van der Waals surface area contributed by atoms with E-state index in [-0.39, 0.29) is 24.4 Å². The van der Waals surface area contributed by atoms with Crippen LogP contribution >= 0.6 is 11.6 Å². The van der Waals surface area contributed by atoms with Gasteiger partial charge >= 0.3 is 5.97 Å². The van der Waals surface area contributed by atoms with Crippen molar-refractivity contribution in [3.63, 3.8) is 0 Å². The summed E-state index contributed by atoms with van der Waals surface area (Å²) in [4.78, 5) is 26.0. The van der Waals surface area contributed by atoms with Gasteiger partial charge in [0.05, 0.1) is 31.5 Å². The molecule has 1 unspecified atom stereocenters. The maximum atomic E-state index is 12.6. The number of nitrogens with zero attached hydrogens (tertiary/aromatic N) is 4. The second kappa shape index (κ2) is 9.72. The zero-order valence-corrected chi connectivity index (χ0v) is 20.5. The van der Waals surface area contributed by atoms with Gasteiger partial charge in [0, 0.05) is 6.04 Å². The van der Waals surface area contributed by atoms with Gasteiger partial charge in [-0.2, -0.15) is 9.97 Å². The maximum absolute atomic E-state index is 12.6. The second-order valence-electron chi connectivity index (χ2n) is 9.63. The summed E-state index contributed by atoms with van der Waals surface area (Å²) in [5, 5.41) is 14.1. The summed E-state index contributed by atoms with van der Waals surface area (Å²) in [6.45, 7) is 7.27. The number of rotatable bonds is 12. The average molecular weight is 480 g/mol. The van der Waals surface area contributed by atoms with E-state index in [1.165, 1.54) is 25.7 Å². The van der Waals surface area contributed by atoms with Crippen LogP contribution in [0.25, 0.3) is 11.2 Å². The van der Waals surface area contributed by atoms with Gasteiger partial charge in [-0.25, -0.2) is 4.98 Å². The number of aromatic nitrogens is 4. The molecule has 182 valence electrons. The first-order valence-corrected chi connectivity index (χ1v) is 12.3. The van der Waals surface area contributed by atoms with Crippen molar-refractivity contribution in [1.29, 1.82) is 0 Å². The summed E-state index contributed by atoms with van der Waals surface area (Å²) >= 11 is 6.30. The van der Waals surface area contributed by atoms with Crippen LogP contribution in [0.4, 0.5) is 5.82 Å². The van der Waals surface area contributed by atoms with Crippen LogP contribution in [0.3, 0.4) is 0 Å². The lowest BCUT2D eigenvalue weighted by molar-refractivity contribution is -0.222. The minimum Gasteiger partial charge on any atom is -0.466 e. The highest BCUT2D eigenvalue weighted by Gasteiger charge is 2.42. The predicted molar refractivity (Wildman–Crippen MR) is 125 cm³/mol. The van der Waals surface area contributed by atoms with Crippen LogP contribution in [0.5, 0.6) is 0 Å². The van der Waals surface area contributed by atoms with Gasteiger partial charge in [0.2, 0.25) is 5.28 Å². The van der Waals surface area contributed by atoms with Crippen LogP contribution in [0, 0.1) is 17.8 Å². The molecule has 2 heterocycles. The van der Waals surface area contributed by atoms with Crippen molar-refractivity contribution in [2.45, 2.75) is 84.3 Å². The van der Waals surface area contributed by atoms with Crippen LogP contribution < -0.4 is 5.32 Å². The SMILES string of the molecule is CCOC(=O)C(CC)[C@H](Cn1cnc2c(NC(C3CC3)C3CC3)nc(Cl)nc21)OC(C)(C)O. The molecule has 2 aliphatic carbocycles. The monoisotopic (exact) mass is 479 g/mol. The highest BCUT2D eigenvalue weighted by molar-refractivity contribution is 6.28. The summed E-state index contributed by atoms with van der Waals surface area (Å²) in [6, 6.07) is 0.392. The predicted octanol–water partition coefficient (Wildman–Crippen LogP) is 3.78. The second-order valence-corrected chi connectivity index (χ2v) is 9.96. The van der Waals surface area contributed by atoms with E-state index >= 15 is 0 Å². The molecule has 0 saturated heterocycles. The summed E-state index contributed by atoms with van der Waals surface area (Å²) in [6.07, 6.45) is 6.48. The zero-order chi connectivity index (χ0) is 23.8. The largest absolute Gasteiger partial charge is 0.466 e. The molecule has 0 bridgehead atoms. The fourth-order valence-electron chi connectivity index (χ4n) is 4.48. The summed E-state index contributed by atoms with van der Waals surface area (Å²) in [5.74, 6) is -0.332. The molecule has 2 atom stereocenters. The van der Waals surface area contributed by atoms with E-state index in [2.05, 4.69) is 20.3 Å². The van der Waals surface area contributed by atoms with Gasteiger partial charge < -0.3 is 24.5 Å². The number of carbonyl (C=O) groups is 1. The van der Waals surface area contributed by atoms with Gasteiger partial charge in [0.15, 0.2) is 22.8 Å². The van der Waals surface area contributed by atoms with E-state index in [0.29, 0.717) is 41.3 Å². The number of anilines is 1. The Labute approximate surface area is 199 Å². The number of ether oxygens (including phenoxy) is 2. The number of esters is 1. The van der Waals surface area contributed by atoms with Gasteiger partial charge in [-0.1, -0.05) is 6.92 Å². The zero-order valence-electron chi connectivity index (χ0n) is 19.8. The first-order valence-electron chi connectivity index (χ1n) is 11.9. The minimum atomic E-state index is -1.43. The smallest absolute Gasteiger partial charge is 0.311 e. The number of carbonyl (C=O) groups excluding carboxylic acids is 1.